The number of benzene rings is 1. The Hall–Kier alpha value is -2.14. The summed E-state index contributed by atoms with van der Waals surface area (Å²) in [5, 5.41) is 4.77. The lowest BCUT2D eigenvalue weighted by molar-refractivity contribution is -0.121. The van der Waals surface area contributed by atoms with E-state index in [2.05, 4.69) is 11.4 Å². The van der Waals surface area contributed by atoms with Crippen LogP contribution in [0.5, 0.6) is 0 Å². The number of carbonyl (C=O) groups excluding carboxylic acids is 2. The van der Waals surface area contributed by atoms with Crippen LogP contribution in [-0.4, -0.2) is 24.4 Å². The van der Waals surface area contributed by atoms with E-state index in [1.54, 1.807) is 11.0 Å². The van der Waals surface area contributed by atoms with Gasteiger partial charge in [-0.15, -0.1) is 11.3 Å². The lowest BCUT2D eigenvalue weighted by Gasteiger charge is -2.27. The molecule has 2 amide bonds. The van der Waals surface area contributed by atoms with Crippen LogP contribution in [0.15, 0.2) is 41.8 Å². The van der Waals surface area contributed by atoms with Crippen molar-refractivity contribution in [1.29, 1.82) is 0 Å². The van der Waals surface area contributed by atoms with E-state index in [0.717, 1.165) is 12.1 Å². The first-order chi connectivity index (χ1) is 11.1. The molecular formula is C18H20N2O2S. The smallest absolute Gasteiger partial charge is 0.262 e. The summed E-state index contributed by atoms with van der Waals surface area (Å²) in [5.41, 5.74) is 2.15. The molecule has 1 aromatic heterocycles. The van der Waals surface area contributed by atoms with Gasteiger partial charge in [0.05, 0.1) is 4.88 Å². The van der Waals surface area contributed by atoms with Crippen molar-refractivity contribution in [3.63, 3.8) is 0 Å². The molecule has 2 heterocycles. The van der Waals surface area contributed by atoms with E-state index in [0.29, 0.717) is 11.4 Å². The standard InChI is InChI=1S/C18H20N2O2S/c1-12(2)16(19-17(21)15-8-5-11-23-15)18(22)20-10-9-13-6-3-4-7-14(13)20/h3-8,11-12,16H,9-10H2,1-2H3,(H,19,21). The normalized spacial score (nSPS) is 14.7. The number of rotatable bonds is 4. The highest BCUT2D eigenvalue weighted by Crippen LogP contribution is 2.28. The number of amides is 2. The number of hydrogen-bond acceptors (Lipinski definition) is 3. The van der Waals surface area contributed by atoms with Crippen LogP contribution in [0.3, 0.4) is 0 Å². The van der Waals surface area contributed by atoms with Crippen LogP contribution in [0.1, 0.15) is 29.1 Å². The summed E-state index contributed by atoms with van der Waals surface area (Å²) < 4.78 is 0. The molecule has 1 aromatic carbocycles. The van der Waals surface area contributed by atoms with E-state index in [-0.39, 0.29) is 17.7 Å². The van der Waals surface area contributed by atoms with Crippen LogP contribution in [0, 0.1) is 5.92 Å². The molecule has 0 aliphatic carbocycles. The van der Waals surface area contributed by atoms with Gasteiger partial charge >= 0.3 is 0 Å². The first kappa shape index (κ1) is 15.7. The van der Waals surface area contributed by atoms with Crippen LogP contribution < -0.4 is 10.2 Å². The van der Waals surface area contributed by atoms with Gasteiger partial charge in [-0.3, -0.25) is 9.59 Å². The highest BCUT2D eigenvalue weighted by atomic mass is 32.1. The fourth-order valence-corrected chi connectivity index (χ4v) is 3.50. The van der Waals surface area contributed by atoms with Gasteiger partial charge < -0.3 is 10.2 Å². The molecule has 1 atom stereocenters. The topological polar surface area (TPSA) is 49.4 Å². The SMILES string of the molecule is CC(C)C(NC(=O)c1cccs1)C(=O)N1CCc2ccccc21. The van der Waals surface area contributed by atoms with Gasteiger partial charge in [-0.2, -0.15) is 0 Å². The predicted octanol–water partition coefficient (Wildman–Crippen LogP) is 3.09. The molecule has 3 rings (SSSR count). The summed E-state index contributed by atoms with van der Waals surface area (Å²) >= 11 is 1.38. The molecule has 1 aliphatic rings. The van der Waals surface area contributed by atoms with Crippen molar-refractivity contribution in [2.24, 2.45) is 5.92 Å². The fraction of sp³-hybridized carbons (Fsp3) is 0.333. The Bertz CT molecular complexity index is 710. The molecule has 0 saturated carbocycles. The molecule has 120 valence electrons. The number of fused-ring (bicyclic) bond motifs is 1. The maximum absolute atomic E-state index is 13.0. The molecule has 5 heteroatoms. The third-order valence-corrected chi connectivity index (χ3v) is 4.99. The molecule has 1 N–H and O–H groups in total. The van der Waals surface area contributed by atoms with Gasteiger partial charge in [0.1, 0.15) is 6.04 Å². The summed E-state index contributed by atoms with van der Waals surface area (Å²) in [6.07, 6.45) is 0.867. The number of hydrogen-bond donors (Lipinski definition) is 1. The van der Waals surface area contributed by atoms with Crippen LogP contribution in [0.4, 0.5) is 5.69 Å². The Morgan fingerprint density at radius 1 is 1.17 bits per heavy atom. The van der Waals surface area contributed by atoms with Crippen molar-refractivity contribution >= 4 is 28.8 Å². The molecule has 23 heavy (non-hydrogen) atoms. The molecule has 0 saturated heterocycles. The molecule has 1 aliphatic heterocycles. The second kappa shape index (κ2) is 6.54. The first-order valence-corrected chi connectivity index (χ1v) is 8.69. The average Bonchev–Trinajstić information content (AvgIpc) is 3.20. The minimum atomic E-state index is -0.518. The van der Waals surface area contributed by atoms with Gasteiger partial charge in [-0.05, 0) is 35.4 Å². The van der Waals surface area contributed by atoms with E-state index in [1.807, 2.05) is 43.5 Å². The molecule has 0 fully saturated rings. The zero-order chi connectivity index (χ0) is 16.4. The number of nitrogens with one attached hydrogen (secondary N) is 1. The van der Waals surface area contributed by atoms with Gasteiger partial charge in [-0.25, -0.2) is 0 Å². The third kappa shape index (κ3) is 3.15. The van der Waals surface area contributed by atoms with E-state index in [4.69, 9.17) is 0 Å². The zero-order valence-corrected chi connectivity index (χ0v) is 14.1. The highest BCUT2D eigenvalue weighted by molar-refractivity contribution is 7.12. The van der Waals surface area contributed by atoms with E-state index in [9.17, 15) is 9.59 Å². The number of nitrogens with zero attached hydrogens (tertiary/aromatic N) is 1. The Morgan fingerprint density at radius 3 is 2.65 bits per heavy atom. The van der Waals surface area contributed by atoms with Crippen molar-refractivity contribution in [3.8, 4) is 0 Å². The third-order valence-electron chi connectivity index (χ3n) is 4.12. The lowest BCUT2D eigenvalue weighted by Crippen LogP contribution is -2.51. The second-order valence-electron chi connectivity index (χ2n) is 6.04. The summed E-state index contributed by atoms with van der Waals surface area (Å²) in [4.78, 5) is 27.7. The number of para-hydroxylation sites is 1. The Morgan fingerprint density at radius 2 is 1.96 bits per heavy atom. The monoisotopic (exact) mass is 328 g/mol. The van der Waals surface area contributed by atoms with Crippen LogP contribution in [0.2, 0.25) is 0 Å². The minimum absolute atomic E-state index is 0.0270. The van der Waals surface area contributed by atoms with Gasteiger partial charge in [0.2, 0.25) is 5.91 Å². The van der Waals surface area contributed by atoms with Gasteiger partial charge in [0.25, 0.3) is 5.91 Å². The predicted molar refractivity (Wildman–Crippen MR) is 92.9 cm³/mol. The first-order valence-electron chi connectivity index (χ1n) is 7.81. The van der Waals surface area contributed by atoms with Gasteiger partial charge in [0, 0.05) is 12.2 Å². The van der Waals surface area contributed by atoms with Crippen molar-refractivity contribution in [2.75, 3.05) is 11.4 Å². The maximum Gasteiger partial charge on any atom is 0.262 e. The van der Waals surface area contributed by atoms with Gasteiger partial charge in [0.15, 0.2) is 0 Å². The van der Waals surface area contributed by atoms with Crippen molar-refractivity contribution in [1.82, 2.24) is 5.32 Å². The van der Waals surface area contributed by atoms with Crippen molar-refractivity contribution < 1.29 is 9.59 Å². The molecule has 1 unspecified atom stereocenters. The molecule has 0 bridgehead atoms. The Labute approximate surface area is 140 Å². The largest absolute Gasteiger partial charge is 0.339 e. The highest BCUT2D eigenvalue weighted by Gasteiger charge is 2.32. The van der Waals surface area contributed by atoms with Crippen molar-refractivity contribution in [3.05, 3.63) is 52.2 Å². The van der Waals surface area contributed by atoms with Crippen LogP contribution >= 0.6 is 11.3 Å². The molecule has 0 radical (unpaired) electrons. The van der Waals surface area contributed by atoms with Crippen molar-refractivity contribution in [2.45, 2.75) is 26.3 Å². The van der Waals surface area contributed by atoms with Crippen LogP contribution in [-0.2, 0) is 11.2 Å². The number of anilines is 1. The minimum Gasteiger partial charge on any atom is -0.339 e. The second-order valence-corrected chi connectivity index (χ2v) is 6.99. The number of carbonyl (C=O) groups is 2. The summed E-state index contributed by atoms with van der Waals surface area (Å²) in [6.45, 7) is 4.59. The fourth-order valence-electron chi connectivity index (χ4n) is 2.87. The van der Waals surface area contributed by atoms with E-state index < -0.39 is 6.04 Å². The quantitative estimate of drug-likeness (QED) is 0.937. The summed E-state index contributed by atoms with van der Waals surface area (Å²) in [5.74, 6) is -0.187. The molecular weight excluding hydrogens is 308 g/mol. The van der Waals surface area contributed by atoms with Crippen LogP contribution in [0.25, 0.3) is 0 Å². The maximum atomic E-state index is 13.0. The van der Waals surface area contributed by atoms with E-state index in [1.165, 1.54) is 16.9 Å². The number of thiophene rings is 1. The zero-order valence-electron chi connectivity index (χ0n) is 13.3. The summed E-state index contributed by atoms with van der Waals surface area (Å²) in [6, 6.07) is 11.0. The van der Waals surface area contributed by atoms with Gasteiger partial charge in [-0.1, -0.05) is 38.1 Å². The molecule has 2 aromatic rings. The Balaban J connectivity index is 1.79. The van der Waals surface area contributed by atoms with E-state index >= 15 is 0 Å². The Kier molecular flexibility index (Phi) is 4.48. The average molecular weight is 328 g/mol. The summed E-state index contributed by atoms with van der Waals surface area (Å²) in [7, 11) is 0. The molecule has 0 spiro atoms. The lowest BCUT2D eigenvalue weighted by atomic mass is 10.0. The molecule has 4 nitrogen and oxygen atoms in total.